The van der Waals surface area contributed by atoms with Crippen LogP contribution in [0, 0.1) is 6.92 Å². The fraction of sp³-hybridized carbons (Fsp3) is 0.292. The number of aliphatic imine (C=N–C) groups is 1. The van der Waals surface area contributed by atoms with Crippen LogP contribution in [0.3, 0.4) is 0 Å². The van der Waals surface area contributed by atoms with Gasteiger partial charge in [-0.1, -0.05) is 0 Å². The maximum Gasteiger partial charge on any atom is 0.244 e. The highest BCUT2D eigenvalue weighted by Crippen LogP contribution is 2.32. The quantitative estimate of drug-likeness (QED) is 0.467. The number of carbonyl (C=O) groups is 1. The van der Waals surface area contributed by atoms with Gasteiger partial charge in [-0.15, -0.1) is 0 Å². The lowest BCUT2D eigenvalue weighted by Gasteiger charge is -2.30. The van der Waals surface area contributed by atoms with E-state index in [9.17, 15) is 9.90 Å². The number of hydrogen-bond donors (Lipinski definition) is 2. The van der Waals surface area contributed by atoms with Gasteiger partial charge in [0.1, 0.15) is 6.54 Å². The number of fused-ring (bicyclic) bond motifs is 2. The Kier molecular flexibility index (Phi) is 4.96. The van der Waals surface area contributed by atoms with Crippen molar-refractivity contribution in [3.63, 3.8) is 0 Å². The van der Waals surface area contributed by atoms with Crippen LogP contribution in [0.4, 0.5) is 5.82 Å². The Labute approximate surface area is 190 Å². The number of H-pyrrole nitrogens is 1. The van der Waals surface area contributed by atoms with Gasteiger partial charge in [-0.3, -0.25) is 19.4 Å². The third-order valence-electron chi connectivity index (χ3n) is 6.03. The minimum absolute atomic E-state index is 0.0261. The molecule has 0 spiro atoms. The van der Waals surface area contributed by atoms with Gasteiger partial charge in [0.05, 0.1) is 40.9 Å². The second-order valence-electron chi connectivity index (χ2n) is 8.62. The maximum atomic E-state index is 12.4. The number of hydrogen-bond acceptors (Lipinski definition) is 6. The minimum atomic E-state index is 0.0261. The van der Waals surface area contributed by atoms with Gasteiger partial charge in [0, 0.05) is 35.5 Å². The third kappa shape index (κ3) is 3.65. The highest BCUT2D eigenvalue weighted by molar-refractivity contribution is 6.13. The molecule has 0 radical (unpaired) electrons. The number of aromatic amines is 1. The molecule has 0 atom stereocenters. The van der Waals surface area contributed by atoms with Crippen molar-refractivity contribution in [2.24, 2.45) is 4.99 Å². The smallest absolute Gasteiger partial charge is 0.244 e. The van der Waals surface area contributed by atoms with Crippen molar-refractivity contribution >= 4 is 28.3 Å². The van der Waals surface area contributed by atoms with Crippen molar-refractivity contribution in [2.45, 2.75) is 46.8 Å². The van der Waals surface area contributed by atoms with Gasteiger partial charge in [0.25, 0.3) is 0 Å². The van der Waals surface area contributed by atoms with Crippen LogP contribution < -0.4 is 0 Å². The van der Waals surface area contributed by atoms with Crippen molar-refractivity contribution in [1.82, 2.24) is 29.6 Å². The first kappa shape index (κ1) is 20.9. The van der Waals surface area contributed by atoms with Gasteiger partial charge in [0.2, 0.25) is 5.91 Å². The summed E-state index contributed by atoms with van der Waals surface area (Å²) in [6.45, 7) is 8.57. The molecule has 5 heterocycles. The zero-order chi connectivity index (χ0) is 23.3. The number of aromatic hydroxyl groups is 1. The SMILES string of the molecule is CC(=Nc1cc2n(n1)CC(=O)N(C(C)C)C2)c1c(O)[nH]c2cnc(-c3cnccc3C)cc12. The van der Waals surface area contributed by atoms with Gasteiger partial charge >= 0.3 is 0 Å². The van der Waals surface area contributed by atoms with Crippen LogP contribution in [0.15, 0.2) is 41.8 Å². The molecule has 1 amide bonds. The maximum absolute atomic E-state index is 12.4. The lowest BCUT2D eigenvalue weighted by atomic mass is 10.0. The van der Waals surface area contributed by atoms with E-state index >= 15 is 0 Å². The van der Waals surface area contributed by atoms with Crippen LogP contribution in [0.1, 0.15) is 37.6 Å². The molecule has 4 aromatic heterocycles. The lowest BCUT2D eigenvalue weighted by Crippen LogP contribution is -2.43. The molecule has 0 bridgehead atoms. The molecule has 0 aromatic carbocycles. The average molecular weight is 444 g/mol. The lowest BCUT2D eigenvalue weighted by molar-refractivity contribution is -0.136. The molecule has 33 heavy (non-hydrogen) atoms. The predicted octanol–water partition coefficient (Wildman–Crippen LogP) is 3.73. The first-order chi connectivity index (χ1) is 15.8. The van der Waals surface area contributed by atoms with E-state index in [1.807, 2.05) is 50.8 Å². The number of nitrogens with one attached hydrogen (secondary N) is 1. The first-order valence-electron chi connectivity index (χ1n) is 10.9. The molecule has 9 nitrogen and oxygen atoms in total. The minimum Gasteiger partial charge on any atom is -0.494 e. The molecular weight excluding hydrogens is 418 g/mol. The fourth-order valence-electron chi connectivity index (χ4n) is 4.26. The van der Waals surface area contributed by atoms with Crippen molar-refractivity contribution in [3.05, 3.63) is 53.6 Å². The Morgan fingerprint density at radius 1 is 1.24 bits per heavy atom. The second kappa shape index (κ2) is 7.84. The van der Waals surface area contributed by atoms with Gasteiger partial charge in [0.15, 0.2) is 11.7 Å². The molecule has 5 rings (SSSR count). The Balaban J connectivity index is 1.54. The summed E-state index contributed by atoms with van der Waals surface area (Å²) in [7, 11) is 0. The van der Waals surface area contributed by atoms with Crippen LogP contribution in [0.2, 0.25) is 0 Å². The van der Waals surface area contributed by atoms with E-state index in [-0.39, 0.29) is 24.4 Å². The standard InChI is InChI=1S/C24H25N7O2/c1-13(2)30-11-16-7-21(29-31(16)12-22(30)32)27-15(4)23-17-8-19(18-9-25-6-5-14(18)3)26-10-20(17)28-24(23)33/h5-10,13,28,33H,11-12H2,1-4H3. The Morgan fingerprint density at radius 2 is 2.06 bits per heavy atom. The third-order valence-corrected chi connectivity index (χ3v) is 6.03. The summed E-state index contributed by atoms with van der Waals surface area (Å²) in [5.41, 5.74) is 5.63. The van der Waals surface area contributed by atoms with Gasteiger partial charge in [-0.05, 0) is 45.4 Å². The number of nitrogens with zero attached hydrogens (tertiary/aromatic N) is 6. The molecule has 4 aromatic rings. The predicted molar refractivity (Wildman–Crippen MR) is 126 cm³/mol. The van der Waals surface area contributed by atoms with Gasteiger partial charge in [-0.2, -0.15) is 5.10 Å². The van der Waals surface area contributed by atoms with Gasteiger partial charge in [-0.25, -0.2) is 4.99 Å². The summed E-state index contributed by atoms with van der Waals surface area (Å²) < 4.78 is 1.70. The van der Waals surface area contributed by atoms with Crippen molar-refractivity contribution in [1.29, 1.82) is 0 Å². The topological polar surface area (TPSA) is 112 Å². The summed E-state index contributed by atoms with van der Waals surface area (Å²) in [4.78, 5) is 30.6. The molecule has 168 valence electrons. The normalized spacial score (nSPS) is 14.4. The summed E-state index contributed by atoms with van der Waals surface area (Å²) >= 11 is 0. The van der Waals surface area contributed by atoms with Crippen molar-refractivity contribution < 1.29 is 9.90 Å². The molecule has 9 heteroatoms. The summed E-state index contributed by atoms with van der Waals surface area (Å²) in [5.74, 6) is 0.582. The van der Waals surface area contributed by atoms with Crippen LogP contribution in [-0.4, -0.2) is 52.4 Å². The van der Waals surface area contributed by atoms with E-state index in [1.165, 1.54) is 0 Å². The van der Waals surface area contributed by atoms with E-state index < -0.39 is 0 Å². The Hall–Kier alpha value is -4.01. The Morgan fingerprint density at radius 3 is 2.82 bits per heavy atom. The van der Waals surface area contributed by atoms with Crippen LogP contribution in [-0.2, 0) is 17.9 Å². The van der Waals surface area contributed by atoms with E-state index in [4.69, 9.17) is 0 Å². The monoisotopic (exact) mass is 443 g/mol. The van der Waals surface area contributed by atoms with Crippen molar-refractivity contribution in [2.75, 3.05) is 0 Å². The zero-order valence-corrected chi connectivity index (χ0v) is 19.0. The highest BCUT2D eigenvalue weighted by Gasteiger charge is 2.26. The second-order valence-corrected chi connectivity index (χ2v) is 8.62. The summed E-state index contributed by atoms with van der Waals surface area (Å²) in [6.07, 6.45) is 5.24. The molecule has 0 saturated carbocycles. The number of pyridine rings is 2. The molecule has 2 N–H and O–H groups in total. The van der Waals surface area contributed by atoms with E-state index in [1.54, 1.807) is 23.3 Å². The number of aromatic nitrogens is 5. The first-order valence-corrected chi connectivity index (χ1v) is 10.9. The number of amides is 1. The highest BCUT2D eigenvalue weighted by atomic mass is 16.3. The average Bonchev–Trinajstić information content (AvgIpc) is 3.31. The number of carbonyl (C=O) groups excluding carboxylic acids is 1. The molecular formula is C24H25N7O2. The summed E-state index contributed by atoms with van der Waals surface area (Å²) in [5, 5.41) is 16.0. The van der Waals surface area contributed by atoms with E-state index in [0.29, 0.717) is 29.2 Å². The van der Waals surface area contributed by atoms with Crippen LogP contribution in [0.25, 0.3) is 22.2 Å². The molecule has 0 saturated heterocycles. The van der Waals surface area contributed by atoms with Crippen molar-refractivity contribution in [3.8, 4) is 17.1 Å². The van der Waals surface area contributed by atoms with E-state index in [2.05, 4.69) is 25.0 Å². The van der Waals surface area contributed by atoms with Crippen LogP contribution in [0.5, 0.6) is 5.88 Å². The van der Waals surface area contributed by atoms with Crippen LogP contribution >= 0.6 is 0 Å². The summed E-state index contributed by atoms with van der Waals surface area (Å²) in [6, 6.07) is 5.89. The molecule has 1 aliphatic rings. The fourth-order valence-corrected chi connectivity index (χ4v) is 4.26. The molecule has 0 aliphatic carbocycles. The molecule has 1 aliphatic heterocycles. The molecule has 0 unspecified atom stereocenters. The zero-order valence-electron chi connectivity index (χ0n) is 19.0. The number of rotatable bonds is 4. The Bertz CT molecular complexity index is 1410. The largest absolute Gasteiger partial charge is 0.494 e. The van der Waals surface area contributed by atoms with E-state index in [0.717, 1.165) is 27.9 Å². The number of aryl methyl sites for hydroxylation is 1. The molecule has 0 fully saturated rings. The van der Waals surface area contributed by atoms with Gasteiger partial charge < -0.3 is 15.0 Å².